The Bertz CT molecular complexity index is 680. The average molecular weight is 371 g/mol. The van der Waals surface area contributed by atoms with Crippen molar-refractivity contribution >= 4 is 33.2 Å². The maximum Gasteiger partial charge on any atom is 0.270 e. The molecule has 0 aliphatic carbocycles. The van der Waals surface area contributed by atoms with Crippen LogP contribution in [0.15, 0.2) is 30.3 Å². The summed E-state index contributed by atoms with van der Waals surface area (Å²) < 4.78 is 5.84. The van der Waals surface area contributed by atoms with E-state index in [1.165, 1.54) is 12.1 Å². The van der Waals surface area contributed by atoms with Gasteiger partial charge in [-0.1, -0.05) is 27.5 Å². The van der Waals surface area contributed by atoms with Crippen molar-refractivity contribution < 1.29 is 9.66 Å². The molecule has 0 fully saturated rings. The summed E-state index contributed by atoms with van der Waals surface area (Å²) in [6, 6.07) is 8.22. The van der Waals surface area contributed by atoms with Crippen LogP contribution in [0.1, 0.15) is 16.7 Å². The van der Waals surface area contributed by atoms with E-state index in [9.17, 15) is 10.1 Å². The number of aryl methyl sites for hydroxylation is 2. The normalized spacial score (nSPS) is 10.5. The monoisotopic (exact) mass is 369 g/mol. The highest BCUT2D eigenvalue weighted by Crippen LogP contribution is 2.33. The third-order valence-corrected chi connectivity index (χ3v) is 4.24. The number of ether oxygens (including phenoxy) is 1. The van der Waals surface area contributed by atoms with E-state index < -0.39 is 4.92 Å². The minimum Gasteiger partial charge on any atom is -0.457 e. The lowest BCUT2D eigenvalue weighted by Crippen LogP contribution is -1.94. The predicted molar refractivity (Wildman–Crippen MR) is 86.7 cm³/mol. The molecule has 4 nitrogen and oxygen atoms in total. The van der Waals surface area contributed by atoms with Gasteiger partial charge in [0, 0.05) is 28.0 Å². The first kappa shape index (κ1) is 15.8. The van der Waals surface area contributed by atoms with Gasteiger partial charge in [-0.25, -0.2) is 0 Å². The predicted octanol–water partition coefficient (Wildman–Crippen LogP) is 5.55. The molecular formula is C15H13BrClNO3. The third-order valence-electron chi connectivity index (χ3n) is 3.04. The van der Waals surface area contributed by atoms with Crippen molar-refractivity contribution in [3.05, 3.63) is 62.2 Å². The fraction of sp³-hybridized carbons (Fsp3) is 0.200. The van der Waals surface area contributed by atoms with Crippen LogP contribution in [-0.2, 0) is 5.33 Å². The molecule has 0 heterocycles. The lowest BCUT2D eigenvalue weighted by Gasteiger charge is -2.12. The Morgan fingerprint density at radius 3 is 2.38 bits per heavy atom. The van der Waals surface area contributed by atoms with E-state index in [0.29, 0.717) is 21.9 Å². The van der Waals surface area contributed by atoms with Crippen LogP contribution in [0.3, 0.4) is 0 Å². The highest BCUT2D eigenvalue weighted by molar-refractivity contribution is 9.08. The van der Waals surface area contributed by atoms with Crippen molar-refractivity contribution in [2.45, 2.75) is 19.2 Å². The number of nitro groups is 1. The van der Waals surface area contributed by atoms with Gasteiger partial charge in [0.05, 0.1) is 4.92 Å². The fourth-order valence-electron chi connectivity index (χ4n) is 1.98. The maximum absolute atomic E-state index is 10.8. The van der Waals surface area contributed by atoms with E-state index in [-0.39, 0.29) is 5.69 Å². The molecule has 0 unspecified atom stereocenters. The molecule has 6 heteroatoms. The molecule has 2 aromatic carbocycles. The minimum absolute atomic E-state index is 0.0419. The summed E-state index contributed by atoms with van der Waals surface area (Å²) in [5.74, 6) is 1.24. The SMILES string of the molecule is Cc1cc(Oc2ccc([N+](=O)[O-])cc2CBr)cc(C)c1Cl. The highest BCUT2D eigenvalue weighted by Gasteiger charge is 2.12. The molecule has 0 atom stereocenters. The molecule has 110 valence electrons. The summed E-state index contributed by atoms with van der Waals surface area (Å²) in [6.45, 7) is 3.81. The standard InChI is InChI=1S/C15H13BrClNO3/c1-9-5-13(6-10(2)15(9)17)21-14-4-3-12(18(19)20)7-11(14)8-16/h3-7H,8H2,1-2H3. The summed E-state index contributed by atoms with van der Waals surface area (Å²) >= 11 is 9.45. The Kier molecular flexibility index (Phi) is 4.85. The van der Waals surface area contributed by atoms with Gasteiger partial charge in [-0.05, 0) is 43.2 Å². The molecule has 0 saturated heterocycles. The van der Waals surface area contributed by atoms with Gasteiger partial charge in [0.25, 0.3) is 5.69 Å². The van der Waals surface area contributed by atoms with Crippen molar-refractivity contribution in [1.29, 1.82) is 0 Å². The first-order valence-electron chi connectivity index (χ1n) is 6.20. The van der Waals surface area contributed by atoms with E-state index in [1.54, 1.807) is 6.07 Å². The first-order valence-corrected chi connectivity index (χ1v) is 7.70. The Hall–Kier alpha value is -1.59. The van der Waals surface area contributed by atoms with Gasteiger partial charge in [0.1, 0.15) is 11.5 Å². The van der Waals surface area contributed by atoms with Crippen molar-refractivity contribution in [3.63, 3.8) is 0 Å². The number of nitro benzene ring substituents is 1. The maximum atomic E-state index is 10.8. The zero-order chi connectivity index (χ0) is 15.6. The number of rotatable bonds is 4. The topological polar surface area (TPSA) is 52.4 Å². The zero-order valence-corrected chi connectivity index (χ0v) is 13.9. The molecule has 0 bridgehead atoms. The molecule has 0 radical (unpaired) electrons. The summed E-state index contributed by atoms with van der Waals surface area (Å²) in [5, 5.41) is 12.0. The lowest BCUT2D eigenvalue weighted by atomic mass is 10.1. The summed E-state index contributed by atoms with van der Waals surface area (Å²) in [5.41, 5.74) is 2.61. The second kappa shape index (κ2) is 6.45. The van der Waals surface area contributed by atoms with Gasteiger partial charge in [-0.15, -0.1) is 0 Å². The van der Waals surface area contributed by atoms with E-state index in [1.807, 2.05) is 26.0 Å². The number of non-ortho nitro benzene ring substituents is 1. The van der Waals surface area contributed by atoms with E-state index in [4.69, 9.17) is 16.3 Å². The van der Waals surface area contributed by atoms with Gasteiger partial charge in [-0.3, -0.25) is 10.1 Å². The molecule has 0 N–H and O–H groups in total. The van der Waals surface area contributed by atoms with Crippen LogP contribution in [0.25, 0.3) is 0 Å². The van der Waals surface area contributed by atoms with Crippen LogP contribution < -0.4 is 4.74 Å². The van der Waals surface area contributed by atoms with Crippen LogP contribution >= 0.6 is 27.5 Å². The Labute approximate surface area is 136 Å². The number of nitrogens with zero attached hydrogens (tertiary/aromatic N) is 1. The first-order chi connectivity index (χ1) is 9.92. The van der Waals surface area contributed by atoms with Crippen molar-refractivity contribution in [3.8, 4) is 11.5 Å². The Morgan fingerprint density at radius 1 is 1.24 bits per heavy atom. The van der Waals surface area contributed by atoms with Gasteiger partial charge in [0.15, 0.2) is 0 Å². The van der Waals surface area contributed by atoms with E-state index in [2.05, 4.69) is 15.9 Å². The van der Waals surface area contributed by atoms with Crippen LogP contribution in [0.5, 0.6) is 11.5 Å². The van der Waals surface area contributed by atoms with Crippen LogP contribution in [0, 0.1) is 24.0 Å². The quantitative estimate of drug-likeness (QED) is 0.402. The molecule has 0 aliphatic heterocycles. The number of alkyl halides is 1. The van der Waals surface area contributed by atoms with Crippen LogP contribution in [0.4, 0.5) is 5.69 Å². The van der Waals surface area contributed by atoms with Gasteiger partial charge in [-0.2, -0.15) is 0 Å². The third kappa shape index (κ3) is 3.54. The summed E-state index contributed by atoms with van der Waals surface area (Å²) in [7, 11) is 0. The Morgan fingerprint density at radius 2 is 1.86 bits per heavy atom. The molecule has 0 amide bonds. The van der Waals surface area contributed by atoms with Crippen LogP contribution in [-0.4, -0.2) is 4.92 Å². The number of halogens is 2. The van der Waals surface area contributed by atoms with Gasteiger partial charge in [0.2, 0.25) is 0 Å². The second-order valence-corrected chi connectivity index (χ2v) is 5.59. The molecule has 0 aromatic heterocycles. The molecular weight excluding hydrogens is 358 g/mol. The highest BCUT2D eigenvalue weighted by atomic mass is 79.9. The van der Waals surface area contributed by atoms with Gasteiger partial charge < -0.3 is 4.74 Å². The fourth-order valence-corrected chi connectivity index (χ4v) is 2.52. The molecule has 0 aliphatic rings. The van der Waals surface area contributed by atoms with E-state index in [0.717, 1.165) is 16.7 Å². The minimum atomic E-state index is -0.424. The molecule has 2 rings (SSSR count). The van der Waals surface area contributed by atoms with Gasteiger partial charge >= 0.3 is 0 Å². The van der Waals surface area contributed by atoms with E-state index >= 15 is 0 Å². The smallest absolute Gasteiger partial charge is 0.270 e. The average Bonchev–Trinajstić information content (AvgIpc) is 2.44. The lowest BCUT2D eigenvalue weighted by molar-refractivity contribution is -0.384. The molecule has 21 heavy (non-hydrogen) atoms. The van der Waals surface area contributed by atoms with Crippen molar-refractivity contribution in [2.75, 3.05) is 0 Å². The zero-order valence-electron chi connectivity index (χ0n) is 11.5. The van der Waals surface area contributed by atoms with Crippen LogP contribution in [0.2, 0.25) is 5.02 Å². The largest absolute Gasteiger partial charge is 0.457 e. The number of hydrogen-bond acceptors (Lipinski definition) is 3. The summed E-state index contributed by atoms with van der Waals surface area (Å²) in [4.78, 5) is 10.4. The van der Waals surface area contributed by atoms with Crippen molar-refractivity contribution in [2.24, 2.45) is 0 Å². The molecule has 2 aromatic rings. The summed E-state index contributed by atoms with van der Waals surface area (Å²) in [6.07, 6.45) is 0. The molecule has 0 saturated carbocycles. The van der Waals surface area contributed by atoms with Crippen molar-refractivity contribution in [1.82, 2.24) is 0 Å². The Balaban J connectivity index is 2.37. The number of hydrogen-bond donors (Lipinski definition) is 0. The number of benzene rings is 2. The molecule has 0 spiro atoms. The second-order valence-electron chi connectivity index (χ2n) is 4.66.